The Kier molecular flexibility index (Phi) is 6.84. The van der Waals surface area contributed by atoms with Gasteiger partial charge in [-0.25, -0.2) is 4.98 Å². The zero-order valence-electron chi connectivity index (χ0n) is 19.1. The van der Waals surface area contributed by atoms with E-state index in [2.05, 4.69) is 4.98 Å². The molecule has 174 valence electrons. The maximum atomic E-state index is 13.2. The van der Waals surface area contributed by atoms with Gasteiger partial charge >= 0.3 is 15.2 Å². The maximum Gasteiger partial charge on any atom is 0.346 e. The molecule has 0 fully saturated rings. The molecule has 0 radical (unpaired) electrons. The molecule has 0 spiro atoms. The monoisotopic (exact) mass is 465 g/mol. The van der Waals surface area contributed by atoms with E-state index in [0.29, 0.717) is 12.5 Å². The average Bonchev–Trinajstić information content (AvgIpc) is 3.09. The second kappa shape index (κ2) is 8.02. The highest BCUT2D eigenvalue weighted by atomic mass is 31.2. The van der Waals surface area contributed by atoms with Crippen molar-refractivity contribution in [2.45, 2.75) is 78.4 Å². The molecular formula is C19H37N3O6P2. The van der Waals surface area contributed by atoms with E-state index >= 15 is 0 Å². The number of aromatic nitrogens is 2. The largest absolute Gasteiger partial charge is 0.346 e. The van der Waals surface area contributed by atoms with Crippen molar-refractivity contribution in [2.75, 3.05) is 4.90 Å². The van der Waals surface area contributed by atoms with Crippen LogP contribution in [0, 0.1) is 23.7 Å². The quantitative estimate of drug-likeness (QED) is 0.429. The number of hydrogen-bond donors (Lipinski definition) is 4. The smallest absolute Gasteiger partial charge is 0.329 e. The summed E-state index contributed by atoms with van der Waals surface area (Å²) in [5.41, 5.74) is -1.58. The molecular weight excluding hydrogens is 428 g/mol. The summed E-state index contributed by atoms with van der Waals surface area (Å²) in [6.45, 7) is 14.6. The zero-order valence-corrected chi connectivity index (χ0v) is 20.9. The molecule has 1 aromatic heterocycles. The van der Waals surface area contributed by atoms with Crippen molar-refractivity contribution in [1.82, 2.24) is 9.55 Å². The van der Waals surface area contributed by atoms with Gasteiger partial charge in [0.25, 0.3) is 0 Å². The lowest BCUT2D eigenvalue weighted by molar-refractivity contribution is 0.101. The third-order valence-electron chi connectivity index (χ3n) is 6.84. The molecule has 0 saturated heterocycles. The minimum atomic E-state index is -5.36. The van der Waals surface area contributed by atoms with Crippen molar-refractivity contribution in [3.63, 3.8) is 0 Å². The Morgan fingerprint density at radius 3 is 1.73 bits per heavy atom. The summed E-state index contributed by atoms with van der Waals surface area (Å²) >= 11 is 0. The predicted molar refractivity (Wildman–Crippen MR) is 117 cm³/mol. The van der Waals surface area contributed by atoms with Crippen LogP contribution in [0.2, 0.25) is 0 Å². The van der Waals surface area contributed by atoms with Gasteiger partial charge in [-0.05, 0) is 23.7 Å². The third-order valence-corrected chi connectivity index (χ3v) is 11.9. The van der Waals surface area contributed by atoms with Gasteiger partial charge in [-0.15, -0.1) is 0 Å². The maximum absolute atomic E-state index is 13.2. The van der Waals surface area contributed by atoms with E-state index in [9.17, 15) is 28.7 Å². The Morgan fingerprint density at radius 1 is 0.933 bits per heavy atom. The van der Waals surface area contributed by atoms with Gasteiger partial charge in [0, 0.05) is 18.9 Å². The van der Waals surface area contributed by atoms with Crippen LogP contribution < -0.4 is 4.90 Å². The Hall–Kier alpha value is -0.690. The molecule has 1 aliphatic rings. The van der Waals surface area contributed by atoms with Crippen molar-refractivity contribution < 1.29 is 28.7 Å². The van der Waals surface area contributed by atoms with Crippen molar-refractivity contribution in [2.24, 2.45) is 23.7 Å². The minimum Gasteiger partial charge on any atom is -0.329 e. The number of rotatable bonds is 8. The fraction of sp³-hybridized carbons (Fsp3) is 0.842. The third kappa shape index (κ3) is 3.25. The van der Waals surface area contributed by atoms with Gasteiger partial charge in [0.05, 0.1) is 11.6 Å². The standard InChI is InChI=1S/C19H37N3O6P2/c1-12(2)16-11-21-10-9-20-17(21)22(16)18(13(3)4,14(5)6)19(15(7)8,29(23,24)25)30(26,27)28/h9-10,12-16H,11H2,1-8H3,(H2,23,24,25)(H2,26,27,28). The van der Waals surface area contributed by atoms with Gasteiger partial charge in [-0.3, -0.25) is 9.13 Å². The number of imidazole rings is 1. The van der Waals surface area contributed by atoms with Crippen molar-refractivity contribution >= 4 is 21.1 Å². The Morgan fingerprint density at radius 2 is 1.40 bits per heavy atom. The van der Waals surface area contributed by atoms with Gasteiger partial charge in [0.15, 0.2) is 4.90 Å². The minimum absolute atomic E-state index is 0.0574. The van der Waals surface area contributed by atoms with Crippen LogP contribution in [0.3, 0.4) is 0 Å². The second-order valence-corrected chi connectivity index (χ2v) is 13.6. The molecule has 0 aromatic carbocycles. The number of fused-ring (bicyclic) bond motifs is 1. The lowest BCUT2D eigenvalue weighted by atomic mass is 9.68. The molecule has 0 amide bonds. The van der Waals surface area contributed by atoms with Crippen LogP contribution in [-0.4, -0.2) is 45.6 Å². The lowest BCUT2D eigenvalue weighted by Gasteiger charge is -2.62. The van der Waals surface area contributed by atoms with Crippen LogP contribution in [0.5, 0.6) is 0 Å². The van der Waals surface area contributed by atoms with Crippen LogP contribution in [-0.2, 0) is 15.7 Å². The average molecular weight is 465 g/mol. The highest BCUT2D eigenvalue weighted by molar-refractivity contribution is 7.72. The first-order valence-corrected chi connectivity index (χ1v) is 13.6. The number of nitrogens with zero attached hydrogens (tertiary/aromatic N) is 3. The molecule has 0 saturated carbocycles. The predicted octanol–water partition coefficient (Wildman–Crippen LogP) is 3.49. The van der Waals surface area contributed by atoms with Crippen LogP contribution in [0.15, 0.2) is 12.4 Å². The van der Waals surface area contributed by atoms with Crippen LogP contribution in [0.25, 0.3) is 0 Å². The normalized spacial score (nSPS) is 18.9. The van der Waals surface area contributed by atoms with Gasteiger partial charge in [-0.2, -0.15) is 0 Å². The molecule has 1 unspecified atom stereocenters. The van der Waals surface area contributed by atoms with E-state index < -0.39 is 43.4 Å². The van der Waals surface area contributed by atoms with E-state index in [1.165, 1.54) is 13.8 Å². The molecule has 1 atom stereocenters. The summed E-state index contributed by atoms with van der Waals surface area (Å²) in [4.78, 5) is 46.5. The molecule has 0 aliphatic carbocycles. The SMILES string of the molecule is CC(C)C1Cn2ccnc2N1C(C(C)C)(C(C)C)C(C(C)C)(P(=O)(O)O)P(=O)(O)O. The number of anilines is 1. The Bertz CT molecular complexity index is 824. The fourth-order valence-electron chi connectivity index (χ4n) is 6.07. The molecule has 11 heteroatoms. The first-order chi connectivity index (χ1) is 13.5. The number of hydrogen-bond acceptors (Lipinski definition) is 4. The molecule has 2 rings (SSSR count). The Labute approximate surface area is 179 Å². The van der Waals surface area contributed by atoms with Crippen LogP contribution >= 0.6 is 15.2 Å². The summed E-state index contributed by atoms with van der Waals surface area (Å²) in [5.74, 6) is -1.49. The molecule has 1 aliphatic heterocycles. The first kappa shape index (κ1) is 25.6. The molecule has 30 heavy (non-hydrogen) atoms. The zero-order chi connectivity index (χ0) is 23.4. The second-order valence-electron chi connectivity index (χ2n) is 9.66. The van der Waals surface area contributed by atoms with E-state index in [0.717, 1.165) is 0 Å². The van der Waals surface area contributed by atoms with E-state index in [1.807, 2.05) is 23.3 Å². The molecule has 9 nitrogen and oxygen atoms in total. The highest BCUT2D eigenvalue weighted by Crippen LogP contribution is 2.79. The van der Waals surface area contributed by atoms with Gasteiger partial charge < -0.3 is 29.0 Å². The van der Waals surface area contributed by atoms with Crippen molar-refractivity contribution in [1.29, 1.82) is 0 Å². The van der Waals surface area contributed by atoms with Gasteiger partial charge in [0.2, 0.25) is 5.95 Å². The van der Waals surface area contributed by atoms with Crippen LogP contribution in [0.4, 0.5) is 5.95 Å². The van der Waals surface area contributed by atoms with E-state index in [4.69, 9.17) is 0 Å². The summed E-state index contributed by atoms with van der Waals surface area (Å²) in [5, 5.41) is 0. The van der Waals surface area contributed by atoms with Gasteiger partial charge in [0.1, 0.15) is 0 Å². The topological polar surface area (TPSA) is 136 Å². The van der Waals surface area contributed by atoms with Crippen molar-refractivity contribution in [3.8, 4) is 0 Å². The Balaban J connectivity index is 3.13. The molecule has 4 N–H and O–H groups in total. The summed E-state index contributed by atoms with van der Waals surface area (Å²) in [6.07, 6.45) is 3.40. The summed E-state index contributed by atoms with van der Waals surface area (Å²) in [7, 11) is -10.7. The van der Waals surface area contributed by atoms with E-state index in [-0.39, 0.29) is 12.0 Å². The molecule has 2 heterocycles. The first-order valence-electron chi connectivity index (χ1n) is 10.4. The van der Waals surface area contributed by atoms with Crippen LogP contribution in [0.1, 0.15) is 55.4 Å². The van der Waals surface area contributed by atoms with E-state index in [1.54, 1.807) is 40.1 Å². The van der Waals surface area contributed by atoms with Gasteiger partial charge in [-0.1, -0.05) is 55.4 Å². The summed E-state index contributed by atoms with van der Waals surface area (Å²) < 4.78 is 28.4. The molecule has 1 aromatic rings. The lowest BCUT2D eigenvalue weighted by Crippen LogP contribution is -2.73. The summed E-state index contributed by atoms with van der Waals surface area (Å²) in [6, 6.07) is -0.227. The highest BCUT2D eigenvalue weighted by Gasteiger charge is 2.77. The van der Waals surface area contributed by atoms with Crippen molar-refractivity contribution in [3.05, 3.63) is 12.4 Å². The molecule has 0 bridgehead atoms. The fourth-order valence-corrected chi connectivity index (χ4v) is 11.0.